The summed E-state index contributed by atoms with van der Waals surface area (Å²) in [4.78, 5) is 0. The molecule has 68 valence electrons. The maximum atomic E-state index is 7.15. The zero-order chi connectivity index (χ0) is 9.68. The minimum absolute atomic E-state index is 0.327. The molecular formula is C9H11N3S. The summed E-state index contributed by atoms with van der Waals surface area (Å²) in [7, 11) is 0. The first-order valence-electron chi connectivity index (χ1n) is 3.86. The molecule has 1 rings (SSSR count). The monoisotopic (exact) mass is 193 g/mol. The van der Waals surface area contributed by atoms with Gasteiger partial charge in [0.05, 0.1) is 5.84 Å². The molecule has 0 bridgehead atoms. The van der Waals surface area contributed by atoms with Crippen LogP contribution in [-0.2, 0) is 0 Å². The van der Waals surface area contributed by atoms with E-state index < -0.39 is 0 Å². The number of amidine groups is 1. The summed E-state index contributed by atoms with van der Waals surface area (Å²) in [5.74, 6) is 0.327. The summed E-state index contributed by atoms with van der Waals surface area (Å²) in [6.45, 7) is 1.64. The van der Waals surface area contributed by atoms with Crippen molar-refractivity contribution in [2.75, 3.05) is 5.32 Å². The molecule has 0 amide bonds. The highest BCUT2D eigenvalue weighted by Gasteiger charge is 1.95. The van der Waals surface area contributed by atoms with Gasteiger partial charge < -0.3 is 10.6 Å². The Balaban J connectivity index is 2.50. The second-order valence-corrected chi connectivity index (χ2v) is 2.98. The van der Waals surface area contributed by atoms with Crippen molar-refractivity contribution < 1.29 is 0 Å². The van der Waals surface area contributed by atoms with Crippen LogP contribution in [0.2, 0.25) is 0 Å². The highest BCUT2D eigenvalue weighted by molar-refractivity contribution is 7.80. The molecule has 0 saturated heterocycles. The Kier molecular flexibility index (Phi) is 3.40. The van der Waals surface area contributed by atoms with Crippen LogP contribution in [0.25, 0.3) is 0 Å². The van der Waals surface area contributed by atoms with Crippen LogP contribution in [0.15, 0.2) is 30.3 Å². The molecule has 0 aliphatic carbocycles. The predicted molar refractivity (Wildman–Crippen MR) is 59.2 cm³/mol. The lowest BCUT2D eigenvalue weighted by Gasteiger charge is -2.08. The van der Waals surface area contributed by atoms with Gasteiger partial charge in [-0.25, -0.2) is 0 Å². The fourth-order valence-corrected chi connectivity index (χ4v) is 1.13. The SMILES string of the molecule is CC(=N)NC(=S)Nc1ccccc1. The number of hydrogen-bond acceptors (Lipinski definition) is 2. The molecule has 1 aromatic rings. The third-order valence-electron chi connectivity index (χ3n) is 1.33. The Bertz CT molecular complexity index is 308. The van der Waals surface area contributed by atoms with Gasteiger partial charge >= 0.3 is 0 Å². The minimum Gasteiger partial charge on any atom is -0.332 e. The van der Waals surface area contributed by atoms with Crippen molar-refractivity contribution in [3.8, 4) is 0 Å². The first-order valence-corrected chi connectivity index (χ1v) is 4.27. The lowest BCUT2D eigenvalue weighted by molar-refractivity contribution is 1.28. The standard InChI is InChI=1S/C9H11N3S/c1-7(10)11-9(13)12-8-5-3-2-4-6-8/h2-6H,1H3,(H3,10,11,12,13). The van der Waals surface area contributed by atoms with E-state index in [1.54, 1.807) is 6.92 Å². The molecule has 0 aromatic heterocycles. The predicted octanol–water partition coefficient (Wildman–Crippen LogP) is 1.97. The van der Waals surface area contributed by atoms with Crippen LogP contribution >= 0.6 is 12.2 Å². The highest BCUT2D eigenvalue weighted by Crippen LogP contribution is 2.03. The Morgan fingerprint density at radius 2 is 1.92 bits per heavy atom. The van der Waals surface area contributed by atoms with Crippen molar-refractivity contribution >= 4 is 28.9 Å². The molecule has 0 saturated carbocycles. The van der Waals surface area contributed by atoms with Crippen LogP contribution < -0.4 is 10.6 Å². The van der Waals surface area contributed by atoms with Crippen molar-refractivity contribution in [2.45, 2.75) is 6.92 Å². The van der Waals surface area contributed by atoms with E-state index in [0.29, 0.717) is 10.9 Å². The van der Waals surface area contributed by atoms with Crippen molar-refractivity contribution in [1.82, 2.24) is 5.32 Å². The Labute approximate surface area is 82.7 Å². The summed E-state index contributed by atoms with van der Waals surface area (Å²) in [5.41, 5.74) is 0.918. The molecule has 0 aliphatic heterocycles. The van der Waals surface area contributed by atoms with Gasteiger partial charge in [0.1, 0.15) is 0 Å². The Hall–Kier alpha value is -1.42. The van der Waals surface area contributed by atoms with Gasteiger partial charge in [0.2, 0.25) is 0 Å². The molecule has 0 spiro atoms. The van der Waals surface area contributed by atoms with E-state index in [4.69, 9.17) is 17.6 Å². The average Bonchev–Trinajstić information content (AvgIpc) is 2.04. The summed E-state index contributed by atoms with van der Waals surface area (Å²) >= 11 is 4.95. The van der Waals surface area contributed by atoms with E-state index in [1.165, 1.54) is 0 Å². The first kappa shape index (κ1) is 9.67. The number of benzene rings is 1. The van der Waals surface area contributed by atoms with Crippen LogP contribution in [0, 0.1) is 5.41 Å². The molecule has 3 nitrogen and oxygen atoms in total. The molecule has 3 N–H and O–H groups in total. The van der Waals surface area contributed by atoms with Gasteiger partial charge in [0, 0.05) is 5.69 Å². The quantitative estimate of drug-likeness (QED) is 0.363. The number of rotatable bonds is 1. The van der Waals surface area contributed by atoms with Gasteiger partial charge in [0.25, 0.3) is 0 Å². The van der Waals surface area contributed by atoms with Gasteiger partial charge in [-0.15, -0.1) is 0 Å². The Morgan fingerprint density at radius 1 is 1.31 bits per heavy atom. The molecule has 0 unspecified atom stereocenters. The number of anilines is 1. The van der Waals surface area contributed by atoms with Crippen LogP contribution in [0.4, 0.5) is 5.69 Å². The summed E-state index contributed by atoms with van der Waals surface area (Å²) in [6.07, 6.45) is 0. The second-order valence-electron chi connectivity index (χ2n) is 2.57. The molecule has 0 radical (unpaired) electrons. The summed E-state index contributed by atoms with van der Waals surface area (Å²) in [6, 6.07) is 9.59. The highest BCUT2D eigenvalue weighted by atomic mass is 32.1. The summed E-state index contributed by atoms with van der Waals surface area (Å²) in [5, 5.41) is 13.2. The van der Waals surface area contributed by atoms with Crippen LogP contribution in [0.5, 0.6) is 0 Å². The molecule has 0 aliphatic rings. The van der Waals surface area contributed by atoms with Crippen molar-refractivity contribution in [1.29, 1.82) is 5.41 Å². The number of para-hydroxylation sites is 1. The molecule has 0 heterocycles. The normalized spacial score (nSPS) is 9.00. The lowest BCUT2D eigenvalue weighted by atomic mass is 10.3. The van der Waals surface area contributed by atoms with Crippen molar-refractivity contribution in [2.24, 2.45) is 0 Å². The van der Waals surface area contributed by atoms with Gasteiger partial charge in [-0.2, -0.15) is 0 Å². The van der Waals surface area contributed by atoms with E-state index in [0.717, 1.165) is 5.69 Å². The molecule has 1 aromatic carbocycles. The van der Waals surface area contributed by atoms with Crippen molar-refractivity contribution in [3.63, 3.8) is 0 Å². The third kappa shape index (κ3) is 3.66. The Morgan fingerprint density at radius 3 is 2.46 bits per heavy atom. The van der Waals surface area contributed by atoms with E-state index in [2.05, 4.69) is 10.6 Å². The topological polar surface area (TPSA) is 47.9 Å². The van der Waals surface area contributed by atoms with Gasteiger partial charge in [-0.3, -0.25) is 5.41 Å². The largest absolute Gasteiger partial charge is 0.332 e. The zero-order valence-corrected chi connectivity index (χ0v) is 8.11. The maximum absolute atomic E-state index is 7.15. The van der Waals surface area contributed by atoms with E-state index in [-0.39, 0.29) is 0 Å². The lowest BCUT2D eigenvalue weighted by Crippen LogP contribution is -2.31. The molecule has 0 fully saturated rings. The van der Waals surface area contributed by atoms with Gasteiger partial charge in [-0.05, 0) is 31.3 Å². The fraction of sp³-hybridized carbons (Fsp3) is 0.111. The number of hydrogen-bond donors (Lipinski definition) is 3. The number of nitrogens with one attached hydrogen (secondary N) is 3. The van der Waals surface area contributed by atoms with Crippen LogP contribution in [-0.4, -0.2) is 10.9 Å². The van der Waals surface area contributed by atoms with Crippen molar-refractivity contribution in [3.05, 3.63) is 30.3 Å². The van der Waals surface area contributed by atoms with Crippen LogP contribution in [0.1, 0.15) is 6.92 Å². The van der Waals surface area contributed by atoms with E-state index >= 15 is 0 Å². The second kappa shape index (κ2) is 4.57. The van der Waals surface area contributed by atoms with E-state index in [1.807, 2.05) is 30.3 Å². The van der Waals surface area contributed by atoms with Crippen LogP contribution in [0.3, 0.4) is 0 Å². The average molecular weight is 193 g/mol. The molecule has 13 heavy (non-hydrogen) atoms. The minimum atomic E-state index is 0.327. The smallest absolute Gasteiger partial charge is 0.176 e. The number of thiocarbonyl (C=S) groups is 1. The molecule has 0 atom stereocenters. The maximum Gasteiger partial charge on any atom is 0.176 e. The third-order valence-corrected chi connectivity index (χ3v) is 1.54. The molecule has 4 heteroatoms. The van der Waals surface area contributed by atoms with Gasteiger partial charge in [-0.1, -0.05) is 18.2 Å². The van der Waals surface area contributed by atoms with Gasteiger partial charge in [0.15, 0.2) is 5.11 Å². The summed E-state index contributed by atoms with van der Waals surface area (Å²) < 4.78 is 0. The van der Waals surface area contributed by atoms with E-state index in [9.17, 15) is 0 Å². The zero-order valence-electron chi connectivity index (χ0n) is 7.29. The molecular weight excluding hydrogens is 182 g/mol. The first-order chi connectivity index (χ1) is 6.18. The fourth-order valence-electron chi connectivity index (χ4n) is 0.854.